The minimum Gasteiger partial charge on any atom is -0.511 e. The lowest BCUT2D eigenvalue weighted by atomic mass is 9.83. The third kappa shape index (κ3) is 15.2. The number of aliphatic hydroxyl groups excluding tert-OH is 4. The zero-order valence-electron chi connectivity index (χ0n) is 35.0. The first-order valence-corrected chi connectivity index (χ1v) is 21.6. The van der Waals surface area contributed by atoms with Gasteiger partial charge >= 0.3 is 11.9 Å². The van der Waals surface area contributed by atoms with Gasteiger partial charge < -0.3 is 29.9 Å². The Morgan fingerprint density at radius 2 is 0.797 bits per heavy atom. The molecule has 0 saturated heterocycles. The van der Waals surface area contributed by atoms with E-state index in [4.69, 9.17) is 9.47 Å². The van der Waals surface area contributed by atoms with Crippen molar-refractivity contribution in [3.8, 4) is 11.5 Å². The number of benzene rings is 4. The van der Waals surface area contributed by atoms with E-state index in [9.17, 15) is 30.0 Å². The third-order valence-corrected chi connectivity index (χ3v) is 10.8. The first-order valence-electron chi connectivity index (χ1n) is 21.6. The molecule has 0 heterocycles. The summed E-state index contributed by atoms with van der Waals surface area (Å²) in [7, 11) is 0. The fourth-order valence-electron chi connectivity index (χ4n) is 6.88. The lowest BCUT2D eigenvalue weighted by Crippen LogP contribution is -2.34. The van der Waals surface area contributed by atoms with Gasteiger partial charge in [-0.15, -0.1) is 0 Å². The number of rotatable bonds is 26. The largest absolute Gasteiger partial charge is 0.511 e. The van der Waals surface area contributed by atoms with Crippen LogP contribution in [0.4, 0.5) is 0 Å². The van der Waals surface area contributed by atoms with E-state index < -0.39 is 42.1 Å². The monoisotopic (exact) mass is 804 g/mol. The van der Waals surface area contributed by atoms with Crippen molar-refractivity contribution in [2.45, 2.75) is 117 Å². The van der Waals surface area contributed by atoms with E-state index in [0.717, 1.165) is 25.7 Å². The van der Waals surface area contributed by atoms with Crippen LogP contribution in [-0.4, -0.2) is 45.6 Å². The van der Waals surface area contributed by atoms with E-state index in [0.29, 0.717) is 33.8 Å². The molecule has 0 bridgehead atoms. The Bertz CT molecular complexity index is 1750. The van der Waals surface area contributed by atoms with Crippen molar-refractivity contribution in [1.29, 1.82) is 0 Å². The van der Waals surface area contributed by atoms with Gasteiger partial charge in [0.05, 0.1) is 24.3 Å². The van der Waals surface area contributed by atoms with E-state index in [2.05, 4.69) is 13.8 Å². The number of hydrogen-bond donors (Lipinski definition) is 4. The van der Waals surface area contributed by atoms with Crippen molar-refractivity contribution in [3.05, 3.63) is 142 Å². The summed E-state index contributed by atoms with van der Waals surface area (Å²) in [5.41, 5.74) is 2.00. The molecule has 0 unspecified atom stereocenters. The predicted octanol–water partition coefficient (Wildman–Crippen LogP) is 12.2. The molecule has 4 aromatic carbocycles. The Balaban J connectivity index is 1.29. The molecular weight excluding hydrogens is 741 g/mol. The maximum atomic E-state index is 12.9. The Morgan fingerprint density at radius 3 is 1.12 bits per heavy atom. The molecule has 4 N–H and O–H groups in total. The highest BCUT2D eigenvalue weighted by Crippen LogP contribution is 2.35. The average Bonchev–Trinajstić information content (AvgIpc) is 3.25. The van der Waals surface area contributed by atoms with Gasteiger partial charge in [-0.05, 0) is 109 Å². The molecule has 0 aliphatic rings. The molecule has 4 rings (SSSR count). The molecule has 0 aromatic heterocycles. The van der Waals surface area contributed by atoms with Gasteiger partial charge in [0, 0.05) is 0 Å². The van der Waals surface area contributed by atoms with Gasteiger partial charge in [0.15, 0.2) is 0 Å². The molecule has 0 amide bonds. The van der Waals surface area contributed by atoms with Crippen LogP contribution in [-0.2, 0) is 12.8 Å². The van der Waals surface area contributed by atoms with Crippen LogP contribution in [0.25, 0.3) is 12.2 Å². The van der Waals surface area contributed by atoms with Crippen LogP contribution in [0.5, 0.6) is 11.5 Å². The van der Waals surface area contributed by atoms with Crippen molar-refractivity contribution in [2.24, 2.45) is 5.41 Å². The second-order valence-electron chi connectivity index (χ2n) is 15.5. The summed E-state index contributed by atoms with van der Waals surface area (Å²) >= 11 is 0. The van der Waals surface area contributed by atoms with E-state index >= 15 is 0 Å². The van der Waals surface area contributed by atoms with Crippen molar-refractivity contribution < 1.29 is 39.5 Å². The van der Waals surface area contributed by atoms with Crippen LogP contribution in [0.15, 0.2) is 109 Å². The molecule has 0 fully saturated rings. The summed E-state index contributed by atoms with van der Waals surface area (Å²) in [6.07, 6.45) is 22.2. The Hall–Kier alpha value is -5.18. The van der Waals surface area contributed by atoms with Crippen LogP contribution in [0, 0.1) is 5.41 Å². The van der Waals surface area contributed by atoms with Crippen molar-refractivity contribution in [3.63, 3.8) is 0 Å². The fraction of sp³-hybridized carbons (Fsp3) is 0.412. The minimum atomic E-state index is -1.92. The van der Waals surface area contributed by atoms with Gasteiger partial charge in [-0.3, -0.25) is 0 Å². The Kier molecular flexibility index (Phi) is 20.0. The number of aryl methyl sites for hydroxylation is 2. The summed E-state index contributed by atoms with van der Waals surface area (Å²) in [5, 5.41) is 42.9. The summed E-state index contributed by atoms with van der Waals surface area (Å²) in [4.78, 5) is 25.7. The number of ether oxygens (including phenoxy) is 2. The second-order valence-corrected chi connectivity index (χ2v) is 15.5. The van der Waals surface area contributed by atoms with E-state index in [-0.39, 0.29) is 0 Å². The van der Waals surface area contributed by atoms with E-state index in [1.807, 2.05) is 24.3 Å². The maximum Gasteiger partial charge on any atom is 0.343 e. The number of aliphatic hydroxyl groups is 4. The number of esters is 2. The highest BCUT2D eigenvalue weighted by atomic mass is 16.5. The van der Waals surface area contributed by atoms with Gasteiger partial charge in [-0.2, -0.15) is 0 Å². The number of carbonyl (C=O) groups excluding carboxylic acids is 2. The van der Waals surface area contributed by atoms with Crippen LogP contribution in [0.3, 0.4) is 0 Å². The van der Waals surface area contributed by atoms with Crippen molar-refractivity contribution in [1.82, 2.24) is 0 Å². The van der Waals surface area contributed by atoms with Gasteiger partial charge in [-0.1, -0.05) is 139 Å². The summed E-state index contributed by atoms with van der Waals surface area (Å²) in [5.74, 6) is -1.15. The minimum absolute atomic E-state index is 0.298. The summed E-state index contributed by atoms with van der Waals surface area (Å²) < 4.78 is 11.1. The zero-order chi connectivity index (χ0) is 42.3. The third-order valence-electron chi connectivity index (χ3n) is 10.8. The normalized spacial score (nSPS) is 12.1. The van der Waals surface area contributed by atoms with Gasteiger partial charge in [0.2, 0.25) is 0 Å². The molecule has 0 aliphatic carbocycles. The molecule has 4 aromatic rings. The SMILES string of the molecule is CCCCCCCCCc1ccc(OC(=O)c2ccc(C=C(O)C(CO)(CO)C(O)=Cc3ccc(C(=O)Oc4ccc(CCCCCCCCC)cc4)cc3)cc2)cc1. The number of unbranched alkanes of at least 4 members (excludes halogenated alkanes) is 12. The van der Waals surface area contributed by atoms with Crippen LogP contribution >= 0.6 is 0 Å². The first kappa shape index (κ1) is 46.5. The molecular formula is C51H64O8. The molecule has 0 saturated carbocycles. The van der Waals surface area contributed by atoms with Crippen LogP contribution in [0.2, 0.25) is 0 Å². The van der Waals surface area contributed by atoms with Crippen molar-refractivity contribution in [2.75, 3.05) is 13.2 Å². The van der Waals surface area contributed by atoms with Crippen molar-refractivity contribution >= 4 is 24.1 Å². The Labute approximate surface area is 351 Å². The second kappa shape index (κ2) is 25.3. The molecule has 0 atom stereocenters. The average molecular weight is 805 g/mol. The van der Waals surface area contributed by atoms with Gasteiger partial charge in [-0.25, -0.2) is 9.59 Å². The first-order chi connectivity index (χ1) is 28.7. The standard InChI is InChI=1S/C51H64O8/c1-3-5-7-9-11-13-15-17-39-23-31-45(32-24-39)58-49(56)43-27-19-41(20-28-43)35-47(54)51(37-52,38-53)48(55)36-42-21-29-44(30-22-42)50(57)59-46-33-25-40(26-34-46)18-16-14-12-10-8-6-4-2/h19-36,52-55H,3-18,37-38H2,1-2H3. The molecule has 8 heteroatoms. The molecule has 0 aliphatic heterocycles. The molecule has 316 valence electrons. The van der Waals surface area contributed by atoms with E-state index in [1.165, 1.54) is 100 Å². The molecule has 0 spiro atoms. The predicted molar refractivity (Wildman–Crippen MR) is 237 cm³/mol. The lowest BCUT2D eigenvalue weighted by molar-refractivity contribution is 0.0487. The molecule has 59 heavy (non-hydrogen) atoms. The highest BCUT2D eigenvalue weighted by Gasteiger charge is 2.38. The summed E-state index contributed by atoms with van der Waals surface area (Å²) in [6, 6.07) is 27.7. The van der Waals surface area contributed by atoms with Crippen LogP contribution < -0.4 is 9.47 Å². The topological polar surface area (TPSA) is 134 Å². The summed E-state index contributed by atoms with van der Waals surface area (Å²) in [6.45, 7) is 2.84. The Morgan fingerprint density at radius 1 is 0.475 bits per heavy atom. The zero-order valence-corrected chi connectivity index (χ0v) is 35.0. The number of carbonyl (C=O) groups is 2. The smallest absolute Gasteiger partial charge is 0.343 e. The van der Waals surface area contributed by atoms with Gasteiger partial charge in [0.25, 0.3) is 0 Å². The lowest BCUT2D eigenvalue weighted by Gasteiger charge is -2.28. The maximum absolute atomic E-state index is 12.9. The molecule has 0 radical (unpaired) electrons. The number of hydrogen-bond acceptors (Lipinski definition) is 8. The quantitative estimate of drug-likeness (QED) is 0.0213. The fourth-order valence-corrected chi connectivity index (χ4v) is 6.88. The van der Waals surface area contributed by atoms with E-state index in [1.54, 1.807) is 72.8 Å². The highest BCUT2D eigenvalue weighted by molar-refractivity contribution is 5.92. The van der Waals surface area contributed by atoms with Gasteiger partial charge in [0.1, 0.15) is 28.4 Å². The molecule has 8 nitrogen and oxygen atoms in total. The van der Waals surface area contributed by atoms with Crippen LogP contribution in [0.1, 0.15) is 147 Å².